The SMILES string of the molecule is O=C([C@@H]1CCCO1)N1CC[C@H]2CN(Cc3ccncc3)CCO[C@H]2C1. The summed E-state index contributed by atoms with van der Waals surface area (Å²) in [5, 5.41) is 0. The van der Waals surface area contributed by atoms with Gasteiger partial charge in [-0.15, -0.1) is 0 Å². The molecule has 0 aromatic carbocycles. The Hall–Kier alpha value is -1.50. The molecule has 0 unspecified atom stereocenters. The number of nitrogens with zero attached hydrogens (tertiary/aromatic N) is 3. The molecule has 0 radical (unpaired) electrons. The lowest BCUT2D eigenvalue weighted by molar-refractivity contribution is -0.146. The zero-order valence-corrected chi connectivity index (χ0v) is 14.7. The Balaban J connectivity index is 1.34. The Morgan fingerprint density at radius 3 is 2.80 bits per heavy atom. The standard InChI is InChI=1S/C19H27N3O3/c23-19(17-2-1-10-24-17)22-8-5-16-13-21(9-11-25-18(16)14-22)12-15-3-6-20-7-4-15/h3-4,6-7,16-18H,1-2,5,8-14H2/t16-,17-,18-/m0/s1. The number of piperidine rings is 1. The Labute approximate surface area is 149 Å². The van der Waals surface area contributed by atoms with Crippen molar-refractivity contribution in [1.29, 1.82) is 0 Å². The highest BCUT2D eigenvalue weighted by atomic mass is 16.5. The van der Waals surface area contributed by atoms with Crippen LogP contribution in [0, 0.1) is 5.92 Å². The molecule has 25 heavy (non-hydrogen) atoms. The molecule has 1 aromatic heterocycles. The highest BCUT2D eigenvalue weighted by molar-refractivity contribution is 5.81. The summed E-state index contributed by atoms with van der Waals surface area (Å²) in [6.45, 7) is 5.90. The first-order valence-corrected chi connectivity index (χ1v) is 9.43. The van der Waals surface area contributed by atoms with Gasteiger partial charge in [-0.05, 0) is 37.0 Å². The molecule has 0 bridgehead atoms. The summed E-state index contributed by atoms with van der Waals surface area (Å²) in [6, 6.07) is 4.15. The van der Waals surface area contributed by atoms with Crippen molar-refractivity contribution >= 4 is 5.91 Å². The molecule has 3 atom stereocenters. The van der Waals surface area contributed by atoms with Crippen LogP contribution in [0.4, 0.5) is 0 Å². The molecule has 4 heterocycles. The first-order chi connectivity index (χ1) is 12.3. The van der Waals surface area contributed by atoms with Gasteiger partial charge >= 0.3 is 0 Å². The fourth-order valence-electron chi connectivity index (χ4n) is 4.19. The smallest absolute Gasteiger partial charge is 0.251 e. The lowest BCUT2D eigenvalue weighted by atomic mass is 9.92. The second-order valence-electron chi connectivity index (χ2n) is 7.33. The van der Waals surface area contributed by atoms with Gasteiger partial charge in [-0.25, -0.2) is 0 Å². The number of fused-ring (bicyclic) bond motifs is 1. The van der Waals surface area contributed by atoms with Crippen molar-refractivity contribution in [3.63, 3.8) is 0 Å². The van der Waals surface area contributed by atoms with Gasteiger partial charge in [0.25, 0.3) is 5.91 Å². The van der Waals surface area contributed by atoms with Crippen LogP contribution in [0.5, 0.6) is 0 Å². The average molecular weight is 345 g/mol. The van der Waals surface area contributed by atoms with Crippen LogP contribution in [0.2, 0.25) is 0 Å². The number of ether oxygens (including phenoxy) is 2. The highest BCUT2D eigenvalue weighted by Gasteiger charge is 2.37. The van der Waals surface area contributed by atoms with E-state index in [1.165, 1.54) is 5.56 Å². The van der Waals surface area contributed by atoms with E-state index in [1.807, 2.05) is 17.3 Å². The largest absolute Gasteiger partial charge is 0.375 e. The van der Waals surface area contributed by atoms with Gasteiger partial charge in [-0.3, -0.25) is 14.7 Å². The summed E-state index contributed by atoms with van der Waals surface area (Å²) in [7, 11) is 0. The second kappa shape index (κ2) is 7.81. The molecule has 3 aliphatic heterocycles. The predicted molar refractivity (Wildman–Crippen MR) is 92.9 cm³/mol. The molecule has 1 amide bonds. The van der Waals surface area contributed by atoms with Crippen molar-refractivity contribution in [3.05, 3.63) is 30.1 Å². The van der Waals surface area contributed by atoms with Gasteiger partial charge < -0.3 is 14.4 Å². The quantitative estimate of drug-likeness (QED) is 0.827. The summed E-state index contributed by atoms with van der Waals surface area (Å²) >= 11 is 0. The maximum absolute atomic E-state index is 12.6. The predicted octanol–water partition coefficient (Wildman–Crippen LogP) is 1.31. The Kier molecular flexibility index (Phi) is 5.29. The van der Waals surface area contributed by atoms with Crippen LogP contribution in [0.1, 0.15) is 24.8 Å². The number of pyridine rings is 1. The van der Waals surface area contributed by atoms with E-state index < -0.39 is 0 Å². The van der Waals surface area contributed by atoms with Crippen LogP contribution in [-0.4, -0.2) is 72.3 Å². The van der Waals surface area contributed by atoms with Crippen molar-refractivity contribution in [2.75, 3.05) is 39.4 Å². The van der Waals surface area contributed by atoms with Gasteiger partial charge in [0.1, 0.15) is 6.10 Å². The van der Waals surface area contributed by atoms with Crippen LogP contribution in [-0.2, 0) is 20.8 Å². The lowest BCUT2D eigenvalue weighted by Gasteiger charge is -2.38. The van der Waals surface area contributed by atoms with Gasteiger partial charge in [-0.2, -0.15) is 0 Å². The number of hydrogen-bond donors (Lipinski definition) is 0. The fourth-order valence-corrected chi connectivity index (χ4v) is 4.19. The van der Waals surface area contributed by atoms with E-state index in [0.29, 0.717) is 12.5 Å². The fraction of sp³-hybridized carbons (Fsp3) is 0.684. The summed E-state index contributed by atoms with van der Waals surface area (Å²) in [6.07, 6.45) is 6.51. The van der Waals surface area contributed by atoms with Gasteiger partial charge in [0.05, 0.1) is 12.7 Å². The van der Waals surface area contributed by atoms with Crippen molar-refractivity contribution in [2.45, 2.75) is 38.0 Å². The third-order valence-electron chi connectivity index (χ3n) is 5.60. The summed E-state index contributed by atoms with van der Waals surface area (Å²) in [5.74, 6) is 0.662. The minimum atomic E-state index is -0.217. The normalized spacial score (nSPS) is 30.7. The van der Waals surface area contributed by atoms with E-state index in [-0.39, 0.29) is 18.1 Å². The Morgan fingerprint density at radius 2 is 2.00 bits per heavy atom. The van der Waals surface area contributed by atoms with Crippen LogP contribution >= 0.6 is 0 Å². The van der Waals surface area contributed by atoms with E-state index >= 15 is 0 Å². The Bertz CT molecular complexity index is 577. The van der Waals surface area contributed by atoms with Crippen LogP contribution in [0.15, 0.2) is 24.5 Å². The molecule has 1 aromatic rings. The first kappa shape index (κ1) is 16.9. The van der Waals surface area contributed by atoms with E-state index in [9.17, 15) is 4.79 Å². The monoisotopic (exact) mass is 345 g/mol. The second-order valence-corrected chi connectivity index (χ2v) is 7.33. The number of amides is 1. The van der Waals surface area contributed by atoms with Gasteiger partial charge in [0.15, 0.2) is 0 Å². The number of carbonyl (C=O) groups is 1. The van der Waals surface area contributed by atoms with Gasteiger partial charge in [-0.1, -0.05) is 0 Å². The molecule has 0 N–H and O–H groups in total. The minimum absolute atomic E-state index is 0.154. The van der Waals surface area contributed by atoms with Crippen LogP contribution < -0.4 is 0 Å². The summed E-state index contributed by atoms with van der Waals surface area (Å²) in [4.78, 5) is 21.1. The number of hydrogen-bond acceptors (Lipinski definition) is 5. The zero-order valence-electron chi connectivity index (χ0n) is 14.7. The molecular weight excluding hydrogens is 318 g/mol. The van der Waals surface area contributed by atoms with Crippen molar-refractivity contribution in [1.82, 2.24) is 14.8 Å². The van der Waals surface area contributed by atoms with Crippen LogP contribution in [0.25, 0.3) is 0 Å². The molecule has 0 saturated carbocycles. The van der Waals surface area contributed by atoms with Crippen molar-refractivity contribution in [2.24, 2.45) is 5.92 Å². The Morgan fingerprint density at radius 1 is 1.12 bits per heavy atom. The first-order valence-electron chi connectivity index (χ1n) is 9.43. The van der Waals surface area contributed by atoms with E-state index in [0.717, 1.165) is 58.7 Å². The maximum Gasteiger partial charge on any atom is 0.251 e. The topological polar surface area (TPSA) is 54.9 Å². The van der Waals surface area contributed by atoms with E-state index in [1.54, 1.807) is 0 Å². The minimum Gasteiger partial charge on any atom is -0.375 e. The molecule has 0 aliphatic carbocycles. The molecule has 6 heteroatoms. The van der Waals surface area contributed by atoms with Gasteiger partial charge in [0.2, 0.25) is 0 Å². The summed E-state index contributed by atoms with van der Waals surface area (Å²) < 4.78 is 11.7. The number of rotatable bonds is 3. The van der Waals surface area contributed by atoms with Crippen molar-refractivity contribution in [3.8, 4) is 0 Å². The molecule has 3 aliphatic rings. The third-order valence-corrected chi connectivity index (χ3v) is 5.60. The molecule has 3 fully saturated rings. The number of aromatic nitrogens is 1. The molecular formula is C19H27N3O3. The molecule has 136 valence electrons. The van der Waals surface area contributed by atoms with Crippen molar-refractivity contribution < 1.29 is 14.3 Å². The zero-order chi connectivity index (χ0) is 17.1. The third kappa shape index (κ3) is 4.02. The molecule has 3 saturated heterocycles. The number of carbonyl (C=O) groups excluding carboxylic acids is 1. The molecule has 6 nitrogen and oxygen atoms in total. The van der Waals surface area contributed by atoms with Crippen LogP contribution in [0.3, 0.4) is 0 Å². The maximum atomic E-state index is 12.6. The molecule has 0 spiro atoms. The lowest BCUT2D eigenvalue weighted by Crippen LogP contribution is -2.51. The average Bonchev–Trinajstić information content (AvgIpc) is 3.10. The van der Waals surface area contributed by atoms with E-state index in [2.05, 4.69) is 22.0 Å². The molecule has 4 rings (SSSR count). The number of likely N-dealkylation sites (tertiary alicyclic amines) is 1. The summed E-state index contributed by atoms with van der Waals surface area (Å²) in [5.41, 5.74) is 1.29. The van der Waals surface area contributed by atoms with E-state index in [4.69, 9.17) is 9.47 Å². The van der Waals surface area contributed by atoms with Gasteiger partial charge in [0, 0.05) is 57.6 Å². The highest BCUT2D eigenvalue weighted by Crippen LogP contribution is 2.26.